The van der Waals surface area contributed by atoms with Gasteiger partial charge in [0.25, 0.3) is 0 Å². The Hall–Kier alpha value is -2.38. The second-order valence-electron chi connectivity index (χ2n) is 4.95. The van der Waals surface area contributed by atoms with Crippen LogP contribution < -0.4 is 10.6 Å². The Morgan fingerprint density at radius 3 is 3.09 bits per heavy atom. The number of hydrogen-bond donors (Lipinski definition) is 3. The molecule has 2 heterocycles. The maximum atomic E-state index is 11.9. The molecule has 2 amide bonds. The molecule has 22 heavy (non-hydrogen) atoms. The van der Waals surface area contributed by atoms with Gasteiger partial charge in [0.1, 0.15) is 0 Å². The molecule has 3 N–H and O–H groups in total. The first-order chi connectivity index (χ1) is 10.8. The molecule has 0 aliphatic carbocycles. The minimum absolute atomic E-state index is 0.0872. The van der Waals surface area contributed by atoms with Gasteiger partial charge in [-0.25, -0.2) is 4.79 Å². The van der Waals surface area contributed by atoms with E-state index in [9.17, 15) is 4.79 Å². The first-order valence-corrected chi connectivity index (χ1v) is 7.15. The van der Waals surface area contributed by atoms with Crippen LogP contribution in [0.2, 0.25) is 0 Å². The number of carbonyl (C=O) groups is 1. The van der Waals surface area contributed by atoms with E-state index >= 15 is 0 Å². The Bertz CT molecular complexity index is 609. The molecule has 7 heteroatoms. The summed E-state index contributed by atoms with van der Waals surface area (Å²) in [6, 6.07) is 9.15. The Morgan fingerprint density at radius 2 is 2.32 bits per heavy atom. The second kappa shape index (κ2) is 7.06. The number of hydrogen-bond acceptors (Lipinski definition) is 4. The Labute approximate surface area is 128 Å². The lowest BCUT2D eigenvalue weighted by atomic mass is 10.1. The summed E-state index contributed by atoms with van der Waals surface area (Å²) in [4.78, 5) is 11.9. The third kappa shape index (κ3) is 3.84. The number of anilines is 1. The summed E-state index contributed by atoms with van der Waals surface area (Å²) in [5.74, 6) is 0. The molecule has 116 valence electrons. The number of aromatic nitrogens is 2. The molecule has 0 saturated carbocycles. The van der Waals surface area contributed by atoms with Crippen molar-refractivity contribution in [1.82, 2.24) is 15.5 Å². The summed E-state index contributed by atoms with van der Waals surface area (Å²) >= 11 is 0. The molecule has 0 unspecified atom stereocenters. The molecule has 1 atom stereocenters. The molecule has 1 fully saturated rings. The lowest BCUT2D eigenvalue weighted by Crippen LogP contribution is -2.41. The van der Waals surface area contributed by atoms with Gasteiger partial charge in [0.15, 0.2) is 0 Å². The first-order valence-electron chi connectivity index (χ1n) is 7.15. The van der Waals surface area contributed by atoms with Gasteiger partial charge in [-0.2, -0.15) is 5.10 Å². The number of aromatic amines is 1. The predicted octanol–water partition coefficient (Wildman–Crippen LogP) is 1.61. The quantitative estimate of drug-likeness (QED) is 0.800. The zero-order valence-electron chi connectivity index (χ0n) is 12.0. The van der Waals surface area contributed by atoms with Crippen LogP contribution in [0.15, 0.2) is 36.5 Å². The summed E-state index contributed by atoms with van der Waals surface area (Å²) in [7, 11) is 0. The van der Waals surface area contributed by atoms with Crippen molar-refractivity contribution in [3.8, 4) is 11.3 Å². The zero-order chi connectivity index (χ0) is 15.2. The van der Waals surface area contributed by atoms with Crippen molar-refractivity contribution >= 4 is 11.7 Å². The lowest BCUT2D eigenvalue weighted by molar-refractivity contribution is -0.0852. The number of carbonyl (C=O) groups excluding carboxylic acids is 1. The minimum Gasteiger partial charge on any atom is -0.376 e. The second-order valence-corrected chi connectivity index (χ2v) is 4.95. The SMILES string of the molecule is O=C(NC[C@@H]1COCCO1)Nc1cccc(-c2ccn[nH]2)c1. The monoisotopic (exact) mass is 302 g/mol. The normalized spacial score (nSPS) is 17.9. The van der Waals surface area contributed by atoms with Gasteiger partial charge < -0.3 is 20.1 Å². The predicted molar refractivity (Wildman–Crippen MR) is 81.6 cm³/mol. The summed E-state index contributed by atoms with van der Waals surface area (Å²) < 4.78 is 10.8. The van der Waals surface area contributed by atoms with Gasteiger partial charge in [-0.15, -0.1) is 0 Å². The molecule has 3 rings (SSSR count). The Morgan fingerprint density at radius 1 is 1.36 bits per heavy atom. The molecule has 0 radical (unpaired) electrons. The number of nitrogens with zero attached hydrogens (tertiary/aromatic N) is 1. The maximum absolute atomic E-state index is 11.9. The van der Waals surface area contributed by atoms with Gasteiger partial charge in [0.05, 0.1) is 31.6 Å². The molecule has 1 aliphatic heterocycles. The van der Waals surface area contributed by atoms with Crippen LogP contribution >= 0.6 is 0 Å². The summed E-state index contributed by atoms with van der Waals surface area (Å²) in [6.45, 7) is 2.12. The maximum Gasteiger partial charge on any atom is 0.319 e. The van der Waals surface area contributed by atoms with E-state index in [0.29, 0.717) is 32.1 Å². The van der Waals surface area contributed by atoms with Gasteiger partial charge >= 0.3 is 6.03 Å². The van der Waals surface area contributed by atoms with Crippen molar-refractivity contribution in [3.63, 3.8) is 0 Å². The number of urea groups is 1. The summed E-state index contributed by atoms with van der Waals surface area (Å²) in [6.07, 6.45) is 1.60. The van der Waals surface area contributed by atoms with Gasteiger partial charge in [0, 0.05) is 24.0 Å². The fourth-order valence-corrected chi connectivity index (χ4v) is 2.22. The van der Waals surface area contributed by atoms with Crippen molar-refractivity contribution in [3.05, 3.63) is 36.5 Å². The van der Waals surface area contributed by atoms with Crippen LogP contribution in [0.5, 0.6) is 0 Å². The van der Waals surface area contributed by atoms with Gasteiger partial charge in [-0.3, -0.25) is 5.10 Å². The van der Waals surface area contributed by atoms with E-state index in [0.717, 1.165) is 11.3 Å². The molecular formula is C15H18N4O3. The first kappa shape index (κ1) is 14.6. The molecular weight excluding hydrogens is 284 g/mol. The van der Waals surface area contributed by atoms with Crippen LogP contribution in [0, 0.1) is 0 Å². The van der Waals surface area contributed by atoms with E-state index in [2.05, 4.69) is 20.8 Å². The molecule has 1 saturated heterocycles. The Kier molecular flexibility index (Phi) is 4.67. The largest absolute Gasteiger partial charge is 0.376 e. The number of amides is 2. The van der Waals surface area contributed by atoms with Crippen LogP contribution in [-0.4, -0.2) is 48.7 Å². The average molecular weight is 302 g/mol. The van der Waals surface area contributed by atoms with Crippen molar-refractivity contribution in [2.45, 2.75) is 6.10 Å². The van der Waals surface area contributed by atoms with Crippen molar-refractivity contribution < 1.29 is 14.3 Å². The average Bonchev–Trinajstić information content (AvgIpc) is 3.09. The molecule has 7 nitrogen and oxygen atoms in total. The van der Waals surface area contributed by atoms with Crippen molar-refractivity contribution in [1.29, 1.82) is 0 Å². The molecule has 2 aromatic rings. The fraction of sp³-hybridized carbons (Fsp3) is 0.333. The van der Waals surface area contributed by atoms with Crippen LogP contribution in [0.25, 0.3) is 11.3 Å². The lowest BCUT2D eigenvalue weighted by Gasteiger charge is -2.23. The third-order valence-corrected chi connectivity index (χ3v) is 3.31. The van der Waals surface area contributed by atoms with E-state index < -0.39 is 0 Å². The van der Waals surface area contributed by atoms with Crippen LogP contribution in [0.3, 0.4) is 0 Å². The smallest absolute Gasteiger partial charge is 0.319 e. The Balaban J connectivity index is 1.54. The summed E-state index contributed by atoms with van der Waals surface area (Å²) in [5, 5.41) is 12.4. The number of H-pyrrole nitrogens is 1. The summed E-state index contributed by atoms with van der Waals surface area (Å²) in [5.41, 5.74) is 2.57. The van der Waals surface area contributed by atoms with Crippen LogP contribution in [0.1, 0.15) is 0 Å². The van der Waals surface area contributed by atoms with Gasteiger partial charge in [0.2, 0.25) is 0 Å². The number of rotatable bonds is 4. The van der Waals surface area contributed by atoms with Crippen LogP contribution in [-0.2, 0) is 9.47 Å². The standard InChI is InChI=1S/C15H18N4O3/c20-15(16-9-13-10-21-6-7-22-13)18-12-3-1-2-11(8-12)14-4-5-17-19-14/h1-5,8,13H,6-7,9-10H2,(H,17,19)(H2,16,18,20)/t13-/m1/s1. The van der Waals surface area contributed by atoms with E-state index in [1.807, 2.05) is 30.3 Å². The number of ether oxygens (including phenoxy) is 2. The highest BCUT2D eigenvalue weighted by Crippen LogP contribution is 2.20. The molecule has 1 aliphatic rings. The van der Waals surface area contributed by atoms with E-state index in [1.165, 1.54) is 0 Å². The topological polar surface area (TPSA) is 88.3 Å². The highest BCUT2D eigenvalue weighted by molar-refractivity contribution is 5.90. The molecule has 0 bridgehead atoms. The highest BCUT2D eigenvalue weighted by atomic mass is 16.6. The van der Waals surface area contributed by atoms with Crippen molar-refractivity contribution in [2.75, 3.05) is 31.7 Å². The zero-order valence-corrected chi connectivity index (χ0v) is 12.0. The molecule has 1 aromatic carbocycles. The van der Waals surface area contributed by atoms with Crippen LogP contribution in [0.4, 0.5) is 10.5 Å². The third-order valence-electron chi connectivity index (χ3n) is 3.31. The van der Waals surface area contributed by atoms with E-state index in [-0.39, 0.29) is 12.1 Å². The van der Waals surface area contributed by atoms with Crippen molar-refractivity contribution in [2.24, 2.45) is 0 Å². The number of benzene rings is 1. The highest BCUT2D eigenvalue weighted by Gasteiger charge is 2.15. The van der Waals surface area contributed by atoms with Gasteiger partial charge in [-0.05, 0) is 18.2 Å². The minimum atomic E-state index is -0.268. The van der Waals surface area contributed by atoms with Gasteiger partial charge in [-0.1, -0.05) is 12.1 Å². The molecule has 1 aromatic heterocycles. The molecule has 0 spiro atoms. The van der Waals surface area contributed by atoms with E-state index in [4.69, 9.17) is 9.47 Å². The fourth-order valence-electron chi connectivity index (χ4n) is 2.22. The number of nitrogens with one attached hydrogen (secondary N) is 3. The van der Waals surface area contributed by atoms with E-state index in [1.54, 1.807) is 6.20 Å².